The first-order valence-electron chi connectivity index (χ1n) is 6.48. The molecule has 0 bridgehead atoms. The summed E-state index contributed by atoms with van der Waals surface area (Å²) in [7, 11) is 1.86. The first-order valence-corrected chi connectivity index (χ1v) is 8.16. The van der Waals surface area contributed by atoms with Crippen LogP contribution in [0.2, 0.25) is 0 Å². The van der Waals surface area contributed by atoms with Crippen molar-refractivity contribution in [3.63, 3.8) is 0 Å². The van der Waals surface area contributed by atoms with Gasteiger partial charge in [-0.2, -0.15) is 0 Å². The zero-order valence-electron chi connectivity index (χ0n) is 11.9. The molecular formula is C16H18BrNOS. The van der Waals surface area contributed by atoms with E-state index in [1.807, 2.05) is 12.4 Å². The summed E-state index contributed by atoms with van der Waals surface area (Å²) in [6, 6.07) is 8.32. The van der Waals surface area contributed by atoms with Gasteiger partial charge in [-0.1, -0.05) is 23.8 Å². The molecule has 1 amide bonds. The molecule has 0 saturated carbocycles. The van der Waals surface area contributed by atoms with Crippen molar-refractivity contribution in [3.05, 3.63) is 55.7 Å². The van der Waals surface area contributed by atoms with E-state index < -0.39 is 0 Å². The quantitative estimate of drug-likeness (QED) is 0.802. The van der Waals surface area contributed by atoms with Crippen LogP contribution in [-0.2, 0) is 17.8 Å². The number of hydrogen-bond donors (Lipinski definition) is 0. The van der Waals surface area contributed by atoms with Crippen LogP contribution >= 0.6 is 27.3 Å². The summed E-state index contributed by atoms with van der Waals surface area (Å²) in [6.45, 7) is 4.78. The Morgan fingerprint density at radius 3 is 2.70 bits per heavy atom. The molecule has 4 heteroatoms. The van der Waals surface area contributed by atoms with Gasteiger partial charge in [-0.15, -0.1) is 11.3 Å². The Kier molecular flexibility index (Phi) is 5.00. The minimum Gasteiger partial charge on any atom is -0.340 e. The summed E-state index contributed by atoms with van der Waals surface area (Å²) in [4.78, 5) is 15.3. The summed E-state index contributed by atoms with van der Waals surface area (Å²) in [5.74, 6) is 0.156. The van der Waals surface area contributed by atoms with Crippen LogP contribution in [0, 0.1) is 13.8 Å². The lowest BCUT2D eigenvalue weighted by atomic mass is 10.0. The van der Waals surface area contributed by atoms with E-state index in [2.05, 4.69) is 54.0 Å². The number of carbonyl (C=O) groups excluding carboxylic acids is 1. The lowest BCUT2D eigenvalue weighted by molar-refractivity contribution is -0.129. The number of carbonyl (C=O) groups is 1. The summed E-state index contributed by atoms with van der Waals surface area (Å²) < 4.78 is 1.08. The smallest absolute Gasteiger partial charge is 0.227 e. The van der Waals surface area contributed by atoms with Gasteiger partial charge in [0.1, 0.15) is 0 Å². The Hall–Kier alpha value is -1.13. The van der Waals surface area contributed by atoms with Crippen molar-refractivity contribution in [2.45, 2.75) is 26.8 Å². The van der Waals surface area contributed by atoms with Crippen LogP contribution in [0.5, 0.6) is 0 Å². The predicted molar refractivity (Wildman–Crippen MR) is 88.1 cm³/mol. The SMILES string of the molecule is Cc1ccc(C)c(CC(=O)N(C)Cc2cc(Br)cs2)c1. The van der Waals surface area contributed by atoms with Gasteiger partial charge in [0.05, 0.1) is 13.0 Å². The number of amides is 1. The second kappa shape index (κ2) is 6.55. The molecule has 0 saturated heterocycles. The summed E-state index contributed by atoms with van der Waals surface area (Å²) >= 11 is 5.10. The highest BCUT2D eigenvalue weighted by Crippen LogP contribution is 2.21. The molecule has 0 aliphatic carbocycles. The molecular weight excluding hydrogens is 334 g/mol. The Morgan fingerprint density at radius 1 is 1.30 bits per heavy atom. The second-order valence-corrected chi connectivity index (χ2v) is 7.00. The Bertz CT molecular complexity index is 621. The average molecular weight is 352 g/mol. The van der Waals surface area contributed by atoms with Crippen LogP contribution in [0.1, 0.15) is 21.6 Å². The van der Waals surface area contributed by atoms with Crippen molar-refractivity contribution in [3.8, 4) is 0 Å². The summed E-state index contributed by atoms with van der Waals surface area (Å²) in [5, 5.41) is 2.04. The molecule has 0 fully saturated rings. The van der Waals surface area contributed by atoms with E-state index in [1.165, 1.54) is 16.0 Å². The van der Waals surface area contributed by atoms with Crippen LogP contribution in [0.3, 0.4) is 0 Å². The van der Waals surface area contributed by atoms with Crippen molar-refractivity contribution >= 4 is 33.2 Å². The third-order valence-electron chi connectivity index (χ3n) is 3.29. The molecule has 2 aromatic rings. The predicted octanol–water partition coefficient (Wildman–Crippen LogP) is 4.33. The fraction of sp³-hybridized carbons (Fsp3) is 0.312. The van der Waals surface area contributed by atoms with Crippen molar-refractivity contribution in [1.29, 1.82) is 0 Å². The number of benzene rings is 1. The third kappa shape index (κ3) is 3.93. The van der Waals surface area contributed by atoms with E-state index in [1.54, 1.807) is 16.2 Å². The highest BCUT2D eigenvalue weighted by atomic mass is 79.9. The average Bonchev–Trinajstić information content (AvgIpc) is 2.79. The van der Waals surface area contributed by atoms with Crippen LogP contribution in [0.4, 0.5) is 0 Å². The monoisotopic (exact) mass is 351 g/mol. The van der Waals surface area contributed by atoms with Crippen molar-refractivity contribution in [2.24, 2.45) is 0 Å². The van der Waals surface area contributed by atoms with Crippen LogP contribution in [0.15, 0.2) is 34.1 Å². The largest absolute Gasteiger partial charge is 0.340 e. The molecule has 2 nitrogen and oxygen atoms in total. The molecule has 2 rings (SSSR count). The van der Waals surface area contributed by atoms with Gasteiger partial charge in [0.2, 0.25) is 5.91 Å². The van der Waals surface area contributed by atoms with E-state index in [-0.39, 0.29) is 5.91 Å². The maximum Gasteiger partial charge on any atom is 0.227 e. The molecule has 0 atom stereocenters. The molecule has 0 spiro atoms. The van der Waals surface area contributed by atoms with E-state index >= 15 is 0 Å². The third-order valence-corrected chi connectivity index (χ3v) is 4.97. The number of aryl methyl sites for hydroxylation is 2. The normalized spacial score (nSPS) is 10.6. The van der Waals surface area contributed by atoms with E-state index in [0.717, 1.165) is 10.0 Å². The van der Waals surface area contributed by atoms with E-state index in [0.29, 0.717) is 13.0 Å². The standard InChI is InChI=1S/C16H18BrNOS/c1-11-4-5-12(2)13(6-11)7-16(19)18(3)9-15-8-14(17)10-20-15/h4-6,8,10H,7,9H2,1-3H3. The maximum atomic E-state index is 12.3. The van der Waals surface area contributed by atoms with Gasteiger partial charge in [-0.25, -0.2) is 0 Å². The van der Waals surface area contributed by atoms with Crippen LogP contribution in [-0.4, -0.2) is 17.9 Å². The molecule has 106 valence electrons. The molecule has 0 unspecified atom stereocenters. The Labute approximate surface area is 132 Å². The number of halogens is 1. The number of nitrogens with zero attached hydrogens (tertiary/aromatic N) is 1. The van der Waals surface area contributed by atoms with E-state index in [4.69, 9.17) is 0 Å². The lowest BCUT2D eigenvalue weighted by Gasteiger charge is -2.17. The zero-order chi connectivity index (χ0) is 14.7. The minimum absolute atomic E-state index is 0.156. The Morgan fingerprint density at radius 2 is 2.05 bits per heavy atom. The van der Waals surface area contributed by atoms with Gasteiger partial charge >= 0.3 is 0 Å². The molecule has 0 N–H and O–H groups in total. The number of rotatable bonds is 4. The maximum absolute atomic E-state index is 12.3. The first kappa shape index (κ1) is 15.3. The molecule has 0 radical (unpaired) electrons. The zero-order valence-corrected chi connectivity index (χ0v) is 14.3. The van der Waals surface area contributed by atoms with E-state index in [9.17, 15) is 4.79 Å². The van der Waals surface area contributed by atoms with Gasteiger partial charge in [0.25, 0.3) is 0 Å². The van der Waals surface area contributed by atoms with Crippen LogP contribution in [0.25, 0.3) is 0 Å². The summed E-state index contributed by atoms with van der Waals surface area (Å²) in [6.07, 6.45) is 0.469. The number of thiophene rings is 1. The van der Waals surface area contributed by atoms with Crippen molar-refractivity contribution in [1.82, 2.24) is 4.90 Å². The van der Waals surface area contributed by atoms with Crippen molar-refractivity contribution < 1.29 is 4.79 Å². The topological polar surface area (TPSA) is 20.3 Å². The lowest BCUT2D eigenvalue weighted by Crippen LogP contribution is -2.27. The molecule has 1 aromatic heterocycles. The molecule has 0 aliphatic heterocycles. The minimum atomic E-state index is 0.156. The highest BCUT2D eigenvalue weighted by molar-refractivity contribution is 9.10. The van der Waals surface area contributed by atoms with Gasteiger partial charge in [-0.3, -0.25) is 4.79 Å². The first-order chi connectivity index (χ1) is 9.45. The van der Waals surface area contributed by atoms with Crippen molar-refractivity contribution in [2.75, 3.05) is 7.05 Å². The molecule has 1 aromatic carbocycles. The van der Waals surface area contributed by atoms with Gasteiger partial charge in [0, 0.05) is 21.8 Å². The fourth-order valence-corrected chi connectivity index (χ4v) is 3.55. The number of likely N-dealkylation sites (N-methyl/N-ethyl adjacent to an activating group) is 1. The van der Waals surface area contributed by atoms with Gasteiger partial charge in [0.15, 0.2) is 0 Å². The molecule has 20 heavy (non-hydrogen) atoms. The molecule has 1 heterocycles. The van der Waals surface area contributed by atoms with Crippen LogP contribution < -0.4 is 0 Å². The Balaban J connectivity index is 2.02. The number of hydrogen-bond acceptors (Lipinski definition) is 2. The van der Waals surface area contributed by atoms with Gasteiger partial charge in [-0.05, 0) is 47.0 Å². The second-order valence-electron chi connectivity index (χ2n) is 5.09. The highest BCUT2D eigenvalue weighted by Gasteiger charge is 2.12. The summed E-state index contributed by atoms with van der Waals surface area (Å²) in [5.41, 5.74) is 3.49. The van der Waals surface area contributed by atoms with Gasteiger partial charge < -0.3 is 4.90 Å². The molecule has 0 aliphatic rings. The fourth-order valence-electron chi connectivity index (χ4n) is 2.05.